The molecule has 2 aromatic rings. The van der Waals surface area contributed by atoms with Crippen LogP contribution in [0.25, 0.3) is 0 Å². The molecule has 1 N–H and O–H groups in total. The first-order chi connectivity index (χ1) is 12.4. The first kappa shape index (κ1) is 19.6. The van der Waals surface area contributed by atoms with Crippen LogP contribution in [0, 0.1) is 0 Å². The summed E-state index contributed by atoms with van der Waals surface area (Å²) in [4.78, 5) is 12.0. The van der Waals surface area contributed by atoms with E-state index in [-0.39, 0.29) is 11.7 Å². The van der Waals surface area contributed by atoms with Crippen molar-refractivity contribution < 1.29 is 27.4 Å². The summed E-state index contributed by atoms with van der Waals surface area (Å²) in [5, 5.41) is 2.78. The predicted molar refractivity (Wildman–Crippen MR) is 91.6 cm³/mol. The van der Waals surface area contributed by atoms with Crippen molar-refractivity contribution in [1.82, 2.24) is 5.32 Å². The molecule has 0 radical (unpaired) electrons. The Morgan fingerprint density at radius 2 is 1.62 bits per heavy atom. The van der Waals surface area contributed by atoms with Gasteiger partial charge in [-0.25, -0.2) is 0 Å². The lowest BCUT2D eigenvalue weighted by Gasteiger charge is -2.10. The lowest BCUT2D eigenvalue weighted by Crippen LogP contribution is -2.24. The van der Waals surface area contributed by atoms with Crippen LogP contribution in [0.5, 0.6) is 11.5 Å². The maximum Gasteiger partial charge on any atom is 0.422 e. The molecule has 1 amide bonds. The lowest BCUT2D eigenvalue weighted by atomic mass is 10.1. The highest BCUT2D eigenvalue weighted by molar-refractivity contribution is 5.94. The van der Waals surface area contributed by atoms with Gasteiger partial charge in [0, 0.05) is 12.1 Å². The number of aryl methyl sites for hydroxylation is 1. The first-order valence-electron chi connectivity index (χ1n) is 8.08. The number of methoxy groups -OCH3 is 1. The quantitative estimate of drug-likeness (QED) is 0.718. The van der Waals surface area contributed by atoms with Crippen LogP contribution >= 0.6 is 0 Å². The number of amides is 1. The normalized spacial score (nSPS) is 11.1. The number of hydrogen-bond donors (Lipinski definition) is 1. The highest BCUT2D eigenvalue weighted by atomic mass is 19.4. The zero-order chi connectivity index (χ0) is 19.0. The number of alkyl halides is 3. The minimum Gasteiger partial charge on any atom is -0.497 e. The average Bonchev–Trinajstić information content (AvgIpc) is 2.63. The third kappa shape index (κ3) is 6.66. The molecule has 0 saturated carbocycles. The molecule has 0 aliphatic heterocycles. The van der Waals surface area contributed by atoms with Crippen LogP contribution in [0.4, 0.5) is 13.2 Å². The maximum absolute atomic E-state index is 12.1. The van der Waals surface area contributed by atoms with Crippen molar-refractivity contribution in [2.45, 2.75) is 19.0 Å². The van der Waals surface area contributed by atoms with E-state index in [9.17, 15) is 18.0 Å². The Bertz CT molecular complexity index is 697. The molecule has 0 aromatic heterocycles. The zero-order valence-corrected chi connectivity index (χ0v) is 14.3. The molecule has 0 unspecified atom stereocenters. The summed E-state index contributed by atoms with van der Waals surface area (Å²) in [6, 6.07) is 13.3. The van der Waals surface area contributed by atoms with Crippen LogP contribution in [0.1, 0.15) is 22.3 Å². The first-order valence-corrected chi connectivity index (χ1v) is 8.08. The molecule has 0 spiro atoms. The molecule has 4 nitrogen and oxygen atoms in total. The van der Waals surface area contributed by atoms with Gasteiger partial charge >= 0.3 is 6.18 Å². The van der Waals surface area contributed by atoms with Gasteiger partial charge in [-0.3, -0.25) is 4.79 Å². The second-order valence-corrected chi connectivity index (χ2v) is 5.64. The van der Waals surface area contributed by atoms with Gasteiger partial charge in [0.25, 0.3) is 5.91 Å². The highest BCUT2D eigenvalue weighted by Gasteiger charge is 2.28. The summed E-state index contributed by atoms with van der Waals surface area (Å²) in [5.74, 6) is 0.588. The number of benzene rings is 2. The number of halogens is 3. The van der Waals surface area contributed by atoms with Crippen molar-refractivity contribution in [3.8, 4) is 11.5 Å². The molecular formula is C19H20F3NO3. The van der Waals surface area contributed by atoms with Gasteiger partial charge in [-0.15, -0.1) is 0 Å². The van der Waals surface area contributed by atoms with Gasteiger partial charge in [0.2, 0.25) is 0 Å². The summed E-state index contributed by atoms with van der Waals surface area (Å²) in [6.45, 7) is -0.860. The van der Waals surface area contributed by atoms with Crippen LogP contribution in [0.3, 0.4) is 0 Å². The molecule has 0 aliphatic carbocycles. The molecule has 0 aliphatic rings. The molecular weight excluding hydrogens is 347 g/mol. The molecule has 2 rings (SSSR count). The fourth-order valence-corrected chi connectivity index (χ4v) is 2.26. The maximum atomic E-state index is 12.1. The number of hydrogen-bond acceptors (Lipinski definition) is 3. The second kappa shape index (κ2) is 9.12. The van der Waals surface area contributed by atoms with Gasteiger partial charge in [-0.1, -0.05) is 12.1 Å². The van der Waals surface area contributed by atoms with Gasteiger partial charge < -0.3 is 14.8 Å². The Kier molecular flexibility index (Phi) is 6.89. The summed E-state index contributed by atoms with van der Waals surface area (Å²) in [6.07, 6.45) is -2.81. The largest absolute Gasteiger partial charge is 0.497 e. The Labute approximate surface area is 149 Å². The van der Waals surface area contributed by atoms with Crippen LogP contribution < -0.4 is 14.8 Å². The predicted octanol–water partition coefficient (Wildman–Crippen LogP) is 4.00. The molecule has 0 atom stereocenters. The van der Waals surface area contributed by atoms with E-state index in [2.05, 4.69) is 10.1 Å². The molecule has 0 fully saturated rings. The van der Waals surface area contributed by atoms with Gasteiger partial charge in [0.1, 0.15) is 11.5 Å². The molecule has 7 heteroatoms. The summed E-state index contributed by atoms with van der Waals surface area (Å²) < 4.78 is 46.0. The Morgan fingerprint density at radius 3 is 2.19 bits per heavy atom. The topological polar surface area (TPSA) is 47.6 Å². The Hall–Kier alpha value is -2.70. The molecule has 0 heterocycles. The van der Waals surface area contributed by atoms with Crippen molar-refractivity contribution in [2.75, 3.05) is 20.3 Å². The summed E-state index contributed by atoms with van der Waals surface area (Å²) in [5.41, 5.74) is 1.51. The minimum atomic E-state index is -4.39. The van der Waals surface area contributed by atoms with Gasteiger partial charge in [-0.05, 0) is 54.8 Å². The van der Waals surface area contributed by atoms with Crippen molar-refractivity contribution in [1.29, 1.82) is 0 Å². The number of ether oxygens (including phenoxy) is 2. The van der Waals surface area contributed by atoms with E-state index in [1.807, 2.05) is 24.3 Å². The van der Waals surface area contributed by atoms with Crippen LogP contribution in [-0.4, -0.2) is 32.3 Å². The van der Waals surface area contributed by atoms with Crippen LogP contribution in [0.15, 0.2) is 48.5 Å². The van der Waals surface area contributed by atoms with Crippen LogP contribution in [-0.2, 0) is 6.42 Å². The highest BCUT2D eigenvalue weighted by Crippen LogP contribution is 2.19. The zero-order valence-electron chi connectivity index (χ0n) is 14.3. The third-order valence-corrected chi connectivity index (χ3v) is 3.61. The number of carbonyl (C=O) groups is 1. The number of nitrogens with one attached hydrogen (secondary N) is 1. The van der Waals surface area contributed by atoms with Crippen molar-refractivity contribution in [2.24, 2.45) is 0 Å². The third-order valence-electron chi connectivity index (χ3n) is 3.61. The molecule has 2 aromatic carbocycles. The van der Waals surface area contributed by atoms with Gasteiger partial charge in [0.05, 0.1) is 7.11 Å². The van der Waals surface area contributed by atoms with E-state index >= 15 is 0 Å². The molecule has 0 saturated heterocycles. The fraction of sp³-hybridized carbons (Fsp3) is 0.316. The standard InChI is InChI=1S/C19H20F3NO3/c1-25-16-8-4-14(5-9-16)3-2-12-23-18(24)15-6-10-17(11-7-15)26-13-19(20,21)22/h4-11H,2-3,12-13H2,1H3,(H,23,24). The average molecular weight is 367 g/mol. The Balaban J connectivity index is 1.73. The molecule has 140 valence electrons. The van der Waals surface area contributed by atoms with Crippen LogP contribution in [0.2, 0.25) is 0 Å². The Morgan fingerprint density at radius 1 is 1.00 bits per heavy atom. The van der Waals surface area contributed by atoms with E-state index in [1.54, 1.807) is 7.11 Å². The summed E-state index contributed by atoms with van der Waals surface area (Å²) in [7, 11) is 1.61. The SMILES string of the molecule is COc1ccc(CCCNC(=O)c2ccc(OCC(F)(F)F)cc2)cc1. The van der Waals surface area contributed by atoms with E-state index in [0.29, 0.717) is 12.1 Å². The second-order valence-electron chi connectivity index (χ2n) is 5.64. The minimum absolute atomic E-state index is 0.0679. The van der Waals surface area contributed by atoms with Crippen molar-refractivity contribution >= 4 is 5.91 Å². The van der Waals surface area contributed by atoms with Gasteiger partial charge in [-0.2, -0.15) is 13.2 Å². The van der Waals surface area contributed by atoms with E-state index < -0.39 is 12.8 Å². The fourth-order valence-electron chi connectivity index (χ4n) is 2.26. The van der Waals surface area contributed by atoms with E-state index in [1.165, 1.54) is 24.3 Å². The number of rotatable bonds is 8. The molecule has 0 bridgehead atoms. The van der Waals surface area contributed by atoms with Crippen molar-refractivity contribution in [3.05, 3.63) is 59.7 Å². The van der Waals surface area contributed by atoms with E-state index in [4.69, 9.17) is 4.74 Å². The number of carbonyl (C=O) groups excluding carboxylic acids is 1. The lowest BCUT2D eigenvalue weighted by molar-refractivity contribution is -0.153. The van der Waals surface area contributed by atoms with Crippen molar-refractivity contribution in [3.63, 3.8) is 0 Å². The monoisotopic (exact) mass is 367 g/mol. The smallest absolute Gasteiger partial charge is 0.422 e. The molecule has 26 heavy (non-hydrogen) atoms. The summed E-state index contributed by atoms with van der Waals surface area (Å²) >= 11 is 0. The van der Waals surface area contributed by atoms with E-state index in [0.717, 1.165) is 24.2 Å². The van der Waals surface area contributed by atoms with Gasteiger partial charge in [0.15, 0.2) is 6.61 Å².